The van der Waals surface area contributed by atoms with Gasteiger partial charge in [-0.05, 0) is 28.0 Å². The molecule has 1 amide bonds. The summed E-state index contributed by atoms with van der Waals surface area (Å²) < 4.78 is 38.4. The van der Waals surface area contributed by atoms with Gasteiger partial charge in [-0.15, -0.1) is 0 Å². The summed E-state index contributed by atoms with van der Waals surface area (Å²) in [6.45, 7) is 0. The van der Waals surface area contributed by atoms with Crippen LogP contribution in [0.4, 0.5) is 13.2 Å². The van der Waals surface area contributed by atoms with Crippen molar-refractivity contribution in [2.75, 3.05) is 0 Å². The first-order chi connectivity index (χ1) is 13.7. The third-order valence-electron chi connectivity index (χ3n) is 4.51. The fourth-order valence-electron chi connectivity index (χ4n) is 3.09. The topological polar surface area (TPSA) is 66.4 Å². The maximum atomic E-state index is 12.8. The van der Waals surface area contributed by atoms with E-state index in [-0.39, 0.29) is 18.4 Å². The quantitative estimate of drug-likeness (QED) is 0.650. The average Bonchev–Trinajstić information content (AvgIpc) is 2.67. The highest BCUT2D eigenvalue weighted by molar-refractivity contribution is 5.86. The summed E-state index contributed by atoms with van der Waals surface area (Å²) >= 11 is 0. The number of carbonyl (C=O) groups is 2. The van der Waals surface area contributed by atoms with Gasteiger partial charge < -0.3 is 10.4 Å². The molecule has 0 aliphatic heterocycles. The number of hydrogen-bond acceptors (Lipinski definition) is 2. The van der Waals surface area contributed by atoms with Crippen molar-refractivity contribution in [3.8, 4) is 0 Å². The molecule has 3 aromatic rings. The van der Waals surface area contributed by atoms with E-state index in [0.29, 0.717) is 0 Å². The molecule has 29 heavy (non-hydrogen) atoms. The Morgan fingerprint density at radius 1 is 0.897 bits per heavy atom. The molecule has 0 saturated carbocycles. The van der Waals surface area contributed by atoms with Crippen molar-refractivity contribution >= 4 is 22.6 Å². The minimum absolute atomic E-state index is 0.0640. The summed E-state index contributed by atoms with van der Waals surface area (Å²) in [5, 5.41) is 13.8. The van der Waals surface area contributed by atoms with Crippen LogP contribution in [0.3, 0.4) is 0 Å². The molecule has 3 rings (SSSR count). The largest absolute Gasteiger partial charge is 0.480 e. The minimum Gasteiger partial charge on any atom is -0.480 e. The second-order valence-electron chi connectivity index (χ2n) is 6.72. The number of benzene rings is 3. The van der Waals surface area contributed by atoms with E-state index in [0.717, 1.165) is 28.5 Å². The lowest BCUT2D eigenvalue weighted by Crippen LogP contribution is -2.43. The molecular weight excluding hydrogens is 383 g/mol. The Labute approximate surface area is 165 Å². The Balaban J connectivity index is 1.70. The van der Waals surface area contributed by atoms with E-state index in [1.165, 1.54) is 12.1 Å². The van der Waals surface area contributed by atoms with Crippen molar-refractivity contribution < 1.29 is 27.9 Å². The van der Waals surface area contributed by atoms with Gasteiger partial charge in [0.2, 0.25) is 5.91 Å². The van der Waals surface area contributed by atoms with Crippen molar-refractivity contribution in [2.45, 2.75) is 25.1 Å². The lowest BCUT2D eigenvalue weighted by atomic mass is 10.0. The summed E-state index contributed by atoms with van der Waals surface area (Å²) in [5.41, 5.74) is 0.0383. The summed E-state index contributed by atoms with van der Waals surface area (Å²) in [7, 11) is 0. The number of rotatable bonds is 6. The van der Waals surface area contributed by atoms with Gasteiger partial charge in [0, 0.05) is 6.42 Å². The second kappa shape index (κ2) is 8.34. The maximum Gasteiger partial charge on any atom is 0.416 e. The predicted octanol–water partition coefficient (Wildman–Crippen LogP) is 4.21. The molecule has 0 spiro atoms. The van der Waals surface area contributed by atoms with E-state index in [4.69, 9.17) is 0 Å². The maximum absolute atomic E-state index is 12.8. The summed E-state index contributed by atoms with van der Waals surface area (Å²) in [6, 6.07) is 16.4. The number of carboxylic acid groups (broad SMARTS) is 1. The number of fused-ring (bicyclic) bond motifs is 1. The number of amides is 1. The molecule has 3 aromatic carbocycles. The van der Waals surface area contributed by atoms with E-state index in [9.17, 15) is 27.9 Å². The van der Waals surface area contributed by atoms with Crippen molar-refractivity contribution in [3.05, 3.63) is 83.4 Å². The van der Waals surface area contributed by atoms with E-state index in [1.54, 1.807) is 6.07 Å². The van der Waals surface area contributed by atoms with Gasteiger partial charge in [0.25, 0.3) is 0 Å². The highest BCUT2D eigenvalue weighted by Crippen LogP contribution is 2.29. The predicted molar refractivity (Wildman–Crippen MR) is 102 cm³/mol. The van der Waals surface area contributed by atoms with Crippen LogP contribution in [0.25, 0.3) is 10.8 Å². The van der Waals surface area contributed by atoms with E-state index >= 15 is 0 Å². The Kier molecular flexibility index (Phi) is 5.87. The molecule has 4 nitrogen and oxygen atoms in total. The van der Waals surface area contributed by atoms with E-state index < -0.39 is 29.7 Å². The van der Waals surface area contributed by atoms with Gasteiger partial charge >= 0.3 is 12.1 Å². The first-order valence-corrected chi connectivity index (χ1v) is 8.88. The molecule has 1 atom stereocenters. The van der Waals surface area contributed by atoms with Crippen LogP contribution in [0.1, 0.15) is 16.7 Å². The van der Waals surface area contributed by atoms with Crippen LogP contribution in [0, 0.1) is 0 Å². The normalized spacial score (nSPS) is 12.5. The van der Waals surface area contributed by atoms with Gasteiger partial charge in [-0.2, -0.15) is 13.2 Å². The van der Waals surface area contributed by atoms with Gasteiger partial charge in [0.1, 0.15) is 6.04 Å². The molecule has 0 saturated heterocycles. The van der Waals surface area contributed by atoms with Crippen LogP contribution >= 0.6 is 0 Å². The molecule has 7 heteroatoms. The number of halogens is 3. The van der Waals surface area contributed by atoms with Gasteiger partial charge in [0.15, 0.2) is 0 Å². The van der Waals surface area contributed by atoms with Crippen LogP contribution in [0.2, 0.25) is 0 Å². The van der Waals surface area contributed by atoms with E-state index in [1.807, 2.05) is 36.4 Å². The van der Waals surface area contributed by atoms with Gasteiger partial charge in [-0.25, -0.2) is 4.79 Å². The molecule has 0 aliphatic rings. The first-order valence-electron chi connectivity index (χ1n) is 8.88. The molecule has 0 unspecified atom stereocenters. The van der Waals surface area contributed by atoms with Gasteiger partial charge in [-0.3, -0.25) is 4.79 Å². The fraction of sp³-hybridized carbons (Fsp3) is 0.182. The molecular formula is C22H18F3NO3. The van der Waals surface area contributed by atoms with Crippen LogP contribution in [-0.4, -0.2) is 23.0 Å². The number of nitrogens with one attached hydrogen (secondary N) is 1. The first kappa shape index (κ1) is 20.4. The summed E-state index contributed by atoms with van der Waals surface area (Å²) in [5.74, 6) is -1.87. The molecule has 0 bridgehead atoms. The van der Waals surface area contributed by atoms with Crippen molar-refractivity contribution in [1.82, 2.24) is 5.32 Å². The van der Waals surface area contributed by atoms with Gasteiger partial charge in [0.05, 0.1) is 12.0 Å². The van der Waals surface area contributed by atoms with Crippen LogP contribution in [-0.2, 0) is 28.6 Å². The molecule has 2 N–H and O–H groups in total. The van der Waals surface area contributed by atoms with E-state index in [2.05, 4.69) is 5.32 Å². The monoisotopic (exact) mass is 401 g/mol. The Morgan fingerprint density at radius 3 is 2.31 bits per heavy atom. The zero-order valence-corrected chi connectivity index (χ0v) is 15.2. The Bertz CT molecular complexity index is 1050. The highest BCUT2D eigenvalue weighted by atomic mass is 19.4. The minimum atomic E-state index is -4.51. The van der Waals surface area contributed by atoms with Crippen molar-refractivity contribution in [2.24, 2.45) is 0 Å². The van der Waals surface area contributed by atoms with Crippen LogP contribution < -0.4 is 5.32 Å². The number of hydrogen-bond donors (Lipinski definition) is 2. The highest BCUT2D eigenvalue weighted by Gasteiger charge is 2.30. The third-order valence-corrected chi connectivity index (χ3v) is 4.51. The Hall–Kier alpha value is -3.35. The van der Waals surface area contributed by atoms with Crippen LogP contribution in [0.5, 0.6) is 0 Å². The molecule has 0 aromatic heterocycles. The lowest BCUT2D eigenvalue weighted by molar-refractivity contribution is -0.141. The molecule has 0 radical (unpaired) electrons. The lowest BCUT2D eigenvalue weighted by Gasteiger charge is -2.15. The molecule has 0 fully saturated rings. The zero-order valence-electron chi connectivity index (χ0n) is 15.2. The number of carbonyl (C=O) groups excluding carboxylic acids is 1. The zero-order chi connectivity index (χ0) is 21.0. The standard InChI is InChI=1S/C22H18F3NO3/c23-22(24,25)18-7-3-4-14(11-18)13-20(27)26-19(21(28)29)12-15-8-9-16-5-1-2-6-17(16)10-15/h1-11,19H,12-13H2,(H,26,27)(H,28,29)/t19-/m0/s1. The Morgan fingerprint density at radius 2 is 1.62 bits per heavy atom. The fourth-order valence-corrected chi connectivity index (χ4v) is 3.09. The molecule has 0 heterocycles. The second-order valence-corrected chi connectivity index (χ2v) is 6.72. The summed E-state index contributed by atoms with van der Waals surface area (Å²) in [4.78, 5) is 23.8. The molecule has 150 valence electrons. The number of carboxylic acids is 1. The number of alkyl halides is 3. The molecule has 0 aliphatic carbocycles. The summed E-state index contributed by atoms with van der Waals surface area (Å²) in [6.07, 6.45) is -4.79. The van der Waals surface area contributed by atoms with Crippen molar-refractivity contribution in [3.63, 3.8) is 0 Å². The average molecular weight is 401 g/mol. The van der Waals surface area contributed by atoms with Crippen LogP contribution in [0.15, 0.2) is 66.7 Å². The third kappa shape index (κ3) is 5.34. The SMILES string of the molecule is O=C(Cc1cccc(C(F)(F)F)c1)N[C@@H](Cc1ccc2ccccc2c1)C(=O)O. The number of aliphatic carboxylic acids is 1. The van der Waals surface area contributed by atoms with Crippen molar-refractivity contribution in [1.29, 1.82) is 0 Å². The smallest absolute Gasteiger partial charge is 0.416 e. The van der Waals surface area contributed by atoms with Gasteiger partial charge in [-0.1, -0.05) is 60.7 Å².